The summed E-state index contributed by atoms with van der Waals surface area (Å²) in [4.78, 5) is 0. The van der Waals surface area contributed by atoms with Crippen LogP contribution in [0.15, 0.2) is 24.3 Å². The van der Waals surface area contributed by atoms with Crippen molar-refractivity contribution in [3.05, 3.63) is 36.5 Å². The van der Waals surface area contributed by atoms with E-state index >= 15 is 0 Å². The van der Waals surface area contributed by atoms with Gasteiger partial charge in [-0.15, -0.1) is 0 Å². The molecule has 1 nitrogen and oxygen atoms in total. The zero-order chi connectivity index (χ0) is 9.26. The Kier molecular flexibility index (Phi) is 2.21. The number of hydrogen-bond donors (Lipinski definition) is 0. The van der Waals surface area contributed by atoms with Gasteiger partial charge in [-0.05, 0) is 24.0 Å². The fraction of sp³-hybridized carbons (Fsp3) is 0.364. The molecule has 2 rings (SSSR count). The highest BCUT2D eigenvalue weighted by Crippen LogP contribution is 2.51. The molecule has 1 aromatic rings. The second-order valence-electron chi connectivity index (χ2n) is 3.37. The van der Waals surface area contributed by atoms with E-state index in [0.29, 0.717) is 5.92 Å². The fourth-order valence-corrected chi connectivity index (χ4v) is 1.68. The number of halogens is 1. The van der Waals surface area contributed by atoms with Crippen LogP contribution in [-0.2, 0) is 0 Å². The first-order chi connectivity index (χ1) is 6.36. The van der Waals surface area contributed by atoms with Crippen molar-refractivity contribution >= 4 is 0 Å². The van der Waals surface area contributed by atoms with Gasteiger partial charge >= 0.3 is 0 Å². The van der Waals surface area contributed by atoms with Crippen molar-refractivity contribution in [3.8, 4) is 5.75 Å². The van der Waals surface area contributed by atoms with E-state index in [1.807, 2.05) is 24.3 Å². The number of hydrogen-bond acceptors (Lipinski definition) is 1. The van der Waals surface area contributed by atoms with Crippen molar-refractivity contribution in [3.63, 3.8) is 0 Å². The van der Waals surface area contributed by atoms with Gasteiger partial charge in [0.25, 0.3) is 0 Å². The lowest BCUT2D eigenvalue weighted by Gasteiger charge is -2.06. The largest absolute Gasteiger partial charge is 0.496 e. The molecule has 1 saturated carbocycles. The third-order valence-corrected chi connectivity index (χ3v) is 2.54. The van der Waals surface area contributed by atoms with Gasteiger partial charge in [-0.2, -0.15) is 0 Å². The molecule has 1 radical (unpaired) electrons. The summed E-state index contributed by atoms with van der Waals surface area (Å²) in [7, 11) is 1.65. The van der Waals surface area contributed by atoms with E-state index in [2.05, 4.69) is 0 Å². The Morgan fingerprint density at radius 1 is 1.46 bits per heavy atom. The maximum absolute atomic E-state index is 12.2. The summed E-state index contributed by atoms with van der Waals surface area (Å²) in [6, 6.07) is 7.82. The van der Waals surface area contributed by atoms with Gasteiger partial charge < -0.3 is 4.74 Å². The highest BCUT2D eigenvalue weighted by atomic mass is 19.1. The van der Waals surface area contributed by atoms with E-state index in [4.69, 9.17) is 4.74 Å². The standard InChI is InChI=1S/C11H12FO/c1-13-11-5-3-2-4-9(11)10-6-8(10)7-12/h2-5,7-8,10H,6H2,1H3. The average molecular weight is 179 g/mol. The third kappa shape index (κ3) is 1.53. The van der Waals surface area contributed by atoms with E-state index in [-0.39, 0.29) is 5.92 Å². The molecule has 0 N–H and O–H groups in total. The predicted molar refractivity (Wildman–Crippen MR) is 49.3 cm³/mol. The van der Waals surface area contributed by atoms with Gasteiger partial charge in [0.05, 0.1) is 7.11 Å². The molecule has 2 heteroatoms. The van der Waals surface area contributed by atoms with Crippen molar-refractivity contribution in [1.82, 2.24) is 0 Å². The number of para-hydroxylation sites is 1. The maximum atomic E-state index is 12.2. The van der Waals surface area contributed by atoms with Crippen LogP contribution < -0.4 is 4.74 Å². The maximum Gasteiger partial charge on any atom is 0.135 e. The normalized spacial score (nSPS) is 25.7. The van der Waals surface area contributed by atoms with Gasteiger partial charge in [0.1, 0.15) is 12.4 Å². The molecule has 13 heavy (non-hydrogen) atoms. The third-order valence-electron chi connectivity index (χ3n) is 2.54. The summed E-state index contributed by atoms with van der Waals surface area (Å²) >= 11 is 0. The summed E-state index contributed by atoms with van der Waals surface area (Å²) < 4.78 is 17.4. The van der Waals surface area contributed by atoms with E-state index in [1.54, 1.807) is 7.11 Å². The Morgan fingerprint density at radius 2 is 2.23 bits per heavy atom. The fourth-order valence-electron chi connectivity index (χ4n) is 1.68. The van der Waals surface area contributed by atoms with Gasteiger partial charge in [0.2, 0.25) is 0 Å². The van der Waals surface area contributed by atoms with Crippen molar-refractivity contribution in [2.24, 2.45) is 5.92 Å². The molecular formula is C11H12FO. The first-order valence-corrected chi connectivity index (χ1v) is 4.43. The van der Waals surface area contributed by atoms with E-state index in [9.17, 15) is 4.39 Å². The molecule has 0 aromatic heterocycles. The lowest BCUT2D eigenvalue weighted by atomic mass is 10.1. The Labute approximate surface area is 77.5 Å². The second kappa shape index (κ2) is 3.36. The molecule has 1 aliphatic rings. The highest BCUT2D eigenvalue weighted by molar-refractivity contribution is 5.39. The van der Waals surface area contributed by atoms with Gasteiger partial charge in [-0.3, -0.25) is 0 Å². The minimum absolute atomic E-state index is 0.108. The Balaban J connectivity index is 2.20. The Morgan fingerprint density at radius 3 is 2.85 bits per heavy atom. The summed E-state index contributed by atoms with van der Waals surface area (Å²) in [6.45, 7) is 0.789. The number of methoxy groups -OCH3 is 1. The van der Waals surface area contributed by atoms with Crippen LogP contribution in [-0.4, -0.2) is 7.11 Å². The highest BCUT2D eigenvalue weighted by Gasteiger charge is 2.40. The predicted octanol–water partition coefficient (Wildman–Crippen LogP) is 2.93. The minimum atomic E-state index is 0.108. The summed E-state index contributed by atoms with van der Waals surface area (Å²) in [5.74, 6) is 1.31. The van der Waals surface area contributed by atoms with Crippen molar-refractivity contribution in [2.45, 2.75) is 12.3 Å². The monoisotopic (exact) mass is 179 g/mol. The molecule has 0 aliphatic heterocycles. The van der Waals surface area contributed by atoms with Gasteiger partial charge in [-0.1, -0.05) is 18.2 Å². The molecule has 2 atom stereocenters. The average Bonchev–Trinajstić information content (AvgIpc) is 2.96. The van der Waals surface area contributed by atoms with Crippen molar-refractivity contribution in [1.29, 1.82) is 0 Å². The smallest absolute Gasteiger partial charge is 0.135 e. The van der Waals surface area contributed by atoms with Gasteiger partial charge in [0, 0.05) is 5.92 Å². The van der Waals surface area contributed by atoms with Crippen LogP contribution in [0.3, 0.4) is 0 Å². The van der Waals surface area contributed by atoms with Gasteiger partial charge in [-0.25, -0.2) is 4.39 Å². The number of rotatable bonds is 3. The van der Waals surface area contributed by atoms with Crippen LogP contribution in [0, 0.1) is 12.6 Å². The lowest BCUT2D eigenvalue weighted by molar-refractivity contribution is 0.409. The molecule has 1 aliphatic carbocycles. The molecule has 2 unspecified atom stereocenters. The molecule has 0 spiro atoms. The van der Waals surface area contributed by atoms with E-state index < -0.39 is 0 Å². The van der Waals surface area contributed by atoms with Crippen LogP contribution in [0.1, 0.15) is 17.9 Å². The molecule has 1 fully saturated rings. The Bertz CT molecular complexity index is 298. The van der Waals surface area contributed by atoms with Crippen molar-refractivity contribution in [2.75, 3.05) is 7.11 Å². The van der Waals surface area contributed by atoms with Gasteiger partial charge in [0.15, 0.2) is 0 Å². The minimum Gasteiger partial charge on any atom is -0.496 e. The topological polar surface area (TPSA) is 9.23 Å². The molecule has 69 valence electrons. The summed E-state index contributed by atoms with van der Waals surface area (Å²) in [5, 5.41) is 0. The molecule has 1 aromatic carbocycles. The molecule has 0 amide bonds. The molecular weight excluding hydrogens is 167 g/mol. The first-order valence-electron chi connectivity index (χ1n) is 4.43. The van der Waals surface area contributed by atoms with E-state index in [1.165, 1.54) is 0 Å². The summed E-state index contributed by atoms with van der Waals surface area (Å²) in [5.41, 5.74) is 1.13. The van der Waals surface area contributed by atoms with Crippen LogP contribution in [0.5, 0.6) is 5.75 Å². The molecule has 0 bridgehead atoms. The van der Waals surface area contributed by atoms with Crippen LogP contribution in [0.2, 0.25) is 0 Å². The lowest BCUT2D eigenvalue weighted by Crippen LogP contribution is -1.90. The number of benzene rings is 1. The second-order valence-corrected chi connectivity index (χ2v) is 3.37. The SMILES string of the molecule is COc1ccccc1C1CC1[CH]F. The Hall–Kier alpha value is -1.05. The summed E-state index contributed by atoms with van der Waals surface area (Å²) in [6.07, 6.45) is 0.914. The number of ether oxygens (including phenoxy) is 1. The van der Waals surface area contributed by atoms with E-state index in [0.717, 1.165) is 24.4 Å². The van der Waals surface area contributed by atoms with Crippen LogP contribution >= 0.6 is 0 Å². The van der Waals surface area contributed by atoms with Crippen LogP contribution in [0.25, 0.3) is 0 Å². The first kappa shape index (κ1) is 8.54. The zero-order valence-electron chi connectivity index (χ0n) is 7.53. The zero-order valence-corrected chi connectivity index (χ0v) is 7.53. The molecule has 0 saturated heterocycles. The van der Waals surface area contributed by atoms with Crippen molar-refractivity contribution < 1.29 is 9.13 Å². The quantitative estimate of drug-likeness (QED) is 0.693. The van der Waals surface area contributed by atoms with Crippen LogP contribution in [0.4, 0.5) is 4.39 Å². The molecule has 0 heterocycles.